The molecule has 1 aliphatic carbocycles. The van der Waals surface area contributed by atoms with Crippen molar-refractivity contribution in [2.24, 2.45) is 0 Å². The van der Waals surface area contributed by atoms with E-state index in [1.165, 1.54) is 24.1 Å². The first-order valence-corrected chi connectivity index (χ1v) is 12.1. The molecular weight excluding hydrogens is 483 g/mol. The largest absolute Gasteiger partial charge is 0.427 e. The monoisotopic (exact) mass is 510 g/mol. The van der Waals surface area contributed by atoms with E-state index in [-0.39, 0.29) is 19.1 Å². The average molecular weight is 511 g/mol. The van der Waals surface area contributed by atoms with Crippen molar-refractivity contribution in [1.82, 2.24) is 15.1 Å². The number of nitrogens with zero attached hydrogens (tertiary/aromatic N) is 2. The van der Waals surface area contributed by atoms with Crippen molar-refractivity contribution >= 4 is 29.6 Å². The normalized spacial score (nSPS) is 24.4. The Hall–Kier alpha value is -3.99. The molecule has 2 heterocycles. The molecule has 37 heavy (non-hydrogen) atoms. The number of aliphatic hydroxyl groups excluding tert-OH is 1. The van der Waals surface area contributed by atoms with E-state index in [2.05, 4.69) is 10.6 Å². The van der Waals surface area contributed by atoms with E-state index >= 15 is 0 Å². The Morgan fingerprint density at radius 1 is 1.16 bits per heavy atom. The van der Waals surface area contributed by atoms with Crippen molar-refractivity contribution in [3.8, 4) is 0 Å². The summed E-state index contributed by atoms with van der Waals surface area (Å²) in [6, 6.07) is 9.52. The van der Waals surface area contributed by atoms with Gasteiger partial charge in [-0.1, -0.05) is 18.2 Å². The molecule has 2 saturated heterocycles. The summed E-state index contributed by atoms with van der Waals surface area (Å²) in [6.45, 7) is -0.801. The van der Waals surface area contributed by atoms with Crippen LogP contribution in [0.2, 0.25) is 0 Å². The number of likely N-dealkylation sites (tertiary alicyclic amines) is 1. The van der Waals surface area contributed by atoms with Crippen LogP contribution in [0, 0.1) is 5.82 Å². The van der Waals surface area contributed by atoms with Crippen molar-refractivity contribution in [3.63, 3.8) is 0 Å². The van der Waals surface area contributed by atoms with Crippen molar-refractivity contribution < 1.29 is 33.4 Å². The van der Waals surface area contributed by atoms with E-state index in [1.807, 2.05) is 0 Å². The van der Waals surface area contributed by atoms with E-state index in [9.17, 15) is 28.7 Å². The number of benzene rings is 2. The zero-order valence-corrected chi connectivity index (χ0v) is 20.2. The van der Waals surface area contributed by atoms with Gasteiger partial charge in [0.25, 0.3) is 5.91 Å². The van der Waals surface area contributed by atoms with E-state index in [0.717, 1.165) is 10.5 Å². The number of anilines is 1. The summed E-state index contributed by atoms with van der Waals surface area (Å²) < 4.78 is 19.1. The number of nitrogens with one attached hydrogen (secondary N) is 2. The lowest BCUT2D eigenvalue weighted by atomic mass is 9.94. The van der Waals surface area contributed by atoms with E-state index in [4.69, 9.17) is 4.74 Å². The van der Waals surface area contributed by atoms with Crippen molar-refractivity contribution in [2.45, 2.75) is 43.4 Å². The molecule has 2 aliphatic heterocycles. The van der Waals surface area contributed by atoms with Crippen LogP contribution < -0.4 is 10.6 Å². The Balaban J connectivity index is 1.36. The molecule has 11 heteroatoms. The van der Waals surface area contributed by atoms with Gasteiger partial charge >= 0.3 is 12.1 Å². The van der Waals surface area contributed by atoms with Crippen LogP contribution in [0.15, 0.2) is 42.5 Å². The van der Waals surface area contributed by atoms with Gasteiger partial charge < -0.3 is 25.4 Å². The Labute approximate surface area is 212 Å². The Bertz CT molecular complexity index is 1270. The molecular formula is C26H27FN4O6. The van der Waals surface area contributed by atoms with Crippen molar-refractivity contribution in [3.05, 3.63) is 65.0 Å². The molecule has 2 unspecified atom stereocenters. The molecule has 10 nitrogen and oxygen atoms in total. The molecule has 2 aromatic rings. The van der Waals surface area contributed by atoms with Gasteiger partial charge in [0.05, 0.1) is 18.7 Å². The molecule has 0 saturated carbocycles. The van der Waals surface area contributed by atoms with Gasteiger partial charge in [-0.3, -0.25) is 9.59 Å². The number of rotatable bonds is 5. The lowest BCUT2D eigenvalue weighted by molar-refractivity contribution is -0.143. The van der Waals surface area contributed by atoms with Gasteiger partial charge in [0.15, 0.2) is 0 Å². The van der Waals surface area contributed by atoms with Gasteiger partial charge in [-0.05, 0) is 54.7 Å². The van der Waals surface area contributed by atoms with Crippen LogP contribution in [0.3, 0.4) is 0 Å². The van der Waals surface area contributed by atoms with E-state index in [1.54, 1.807) is 30.3 Å². The van der Waals surface area contributed by atoms with Crippen LogP contribution in [-0.4, -0.2) is 65.1 Å². The van der Waals surface area contributed by atoms with Gasteiger partial charge in [-0.2, -0.15) is 0 Å². The average Bonchev–Trinajstić information content (AvgIpc) is 3.55. The zero-order chi connectivity index (χ0) is 26.3. The topological polar surface area (TPSA) is 128 Å². The number of fused-ring (bicyclic) bond motifs is 2. The highest BCUT2D eigenvalue weighted by atomic mass is 19.1. The molecule has 0 bridgehead atoms. The van der Waals surface area contributed by atoms with Gasteiger partial charge in [0, 0.05) is 24.7 Å². The van der Waals surface area contributed by atoms with Crippen LogP contribution in [0.25, 0.3) is 0 Å². The number of amides is 5. The Kier molecular flexibility index (Phi) is 6.32. The summed E-state index contributed by atoms with van der Waals surface area (Å²) in [6.07, 6.45) is 0.862. The molecule has 5 rings (SSSR count). The number of aryl methyl sites for hydroxylation is 1. The zero-order valence-electron chi connectivity index (χ0n) is 20.2. The minimum Gasteiger partial charge on any atom is -0.427 e. The van der Waals surface area contributed by atoms with Crippen LogP contribution in [0.4, 0.5) is 19.7 Å². The highest BCUT2D eigenvalue weighted by Gasteiger charge is 2.58. The number of aliphatic hydroxyl groups is 1. The first-order chi connectivity index (χ1) is 17.8. The number of halogens is 1. The van der Waals surface area contributed by atoms with E-state index < -0.39 is 48.0 Å². The fourth-order valence-corrected chi connectivity index (χ4v) is 5.59. The predicted molar refractivity (Wildman–Crippen MR) is 129 cm³/mol. The summed E-state index contributed by atoms with van der Waals surface area (Å²) in [7, 11) is 1.50. The molecule has 2 fully saturated rings. The quantitative estimate of drug-likeness (QED) is 0.567. The second kappa shape index (κ2) is 9.47. The number of urea groups is 1. The maximum absolute atomic E-state index is 13.5. The molecule has 1 spiro atoms. The van der Waals surface area contributed by atoms with Crippen LogP contribution in [-0.2, 0) is 26.3 Å². The lowest BCUT2D eigenvalue weighted by Gasteiger charge is -2.31. The minimum absolute atomic E-state index is 0.224. The number of carbonyl (C=O) groups is 4. The van der Waals surface area contributed by atoms with Gasteiger partial charge in [-0.25, -0.2) is 18.9 Å². The van der Waals surface area contributed by atoms with Crippen molar-refractivity contribution in [2.75, 3.05) is 25.5 Å². The van der Waals surface area contributed by atoms with Gasteiger partial charge in [0.2, 0.25) is 11.5 Å². The number of ether oxygens (including phenoxy) is 1. The number of hydrogen-bond donors (Lipinski definition) is 3. The number of hydrogen-bond acceptors (Lipinski definition) is 6. The summed E-state index contributed by atoms with van der Waals surface area (Å²) in [5.41, 5.74) is 1.02. The number of carbonyl (C=O) groups excluding carboxylic acids is 4. The third-order valence-electron chi connectivity index (χ3n) is 7.39. The smallest absolute Gasteiger partial charge is 0.418 e. The third kappa shape index (κ3) is 4.18. The molecule has 5 amide bonds. The molecule has 194 valence electrons. The van der Waals surface area contributed by atoms with Crippen LogP contribution in [0.1, 0.15) is 42.0 Å². The number of imide groups is 1. The highest BCUT2D eigenvalue weighted by molar-refractivity contribution is 6.06. The van der Waals surface area contributed by atoms with Crippen LogP contribution in [0.5, 0.6) is 0 Å². The summed E-state index contributed by atoms with van der Waals surface area (Å²) in [5.74, 6) is -1.52. The Morgan fingerprint density at radius 2 is 1.92 bits per heavy atom. The standard InChI is InChI=1S/C26H27FN4O6/c1-28-24(35)29-18-6-8-20-16(12-18)10-11-26(20)23(34)30(25(36)37-26)13-22(33)31-19(14-32)7-9-21(31)15-2-4-17(27)5-3-15/h2-6,8,12,19,21,32H,7,9-11,13-14H2,1H3,(H2,28,29,35)/t19?,21?,26-/m1/s1. The molecule has 3 atom stereocenters. The predicted octanol–water partition coefficient (Wildman–Crippen LogP) is 2.42. The minimum atomic E-state index is -1.52. The van der Waals surface area contributed by atoms with Crippen molar-refractivity contribution in [1.29, 1.82) is 0 Å². The maximum atomic E-state index is 13.5. The Morgan fingerprint density at radius 3 is 2.62 bits per heavy atom. The van der Waals surface area contributed by atoms with E-state index in [0.29, 0.717) is 36.1 Å². The molecule has 3 N–H and O–H groups in total. The third-order valence-corrected chi connectivity index (χ3v) is 7.39. The maximum Gasteiger partial charge on any atom is 0.418 e. The van der Waals surface area contributed by atoms with Gasteiger partial charge in [0.1, 0.15) is 12.4 Å². The first-order valence-electron chi connectivity index (χ1n) is 12.1. The second-order valence-electron chi connectivity index (χ2n) is 9.44. The summed E-state index contributed by atoms with van der Waals surface area (Å²) in [4.78, 5) is 53.8. The van der Waals surface area contributed by atoms with Gasteiger partial charge in [-0.15, -0.1) is 0 Å². The lowest BCUT2D eigenvalue weighted by Crippen LogP contribution is -2.47. The fraction of sp³-hybridized carbons (Fsp3) is 0.385. The summed E-state index contributed by atoms with van der Waals surface area (Å²) >= 11 is 0. The molecule has 0 aromatic heterocycles. The second-order valence-corrected chi connectivity index (χ2v) is 9.44. The summed E-state index contributed by atoms with van der Waals surface area (Å²) in [5, 5.41) is 15.0. The molecule has 0 radical (unpaired) electrons. The highest BCUT2D eigenvalue weighted by Crippen LogP contribution is 2.46. The SMILES string of the molecule is CNC(=O)Nc1ccc2c(c1)CC[C@@]21OC(=O)N(CC(=O)N2C(CO)CCC2c2ccc(F)cc2)C1=O. The molecule has 3 aliphatic rings. The van der Waals surface area contributed by atoms with Crippen LogP contribution >= 0.6 is 0 Å². The fourth-order valence-electron chi connectivity index (χ4n) is 5.59. The molecule has 2 aromatic carbocycles. The first kappa shape index (κ1) is 24.7.